The van der Waals surface area contributed by atoms with Gasteiger partial charge in [0.15, 0.2) is 23.3 Å². The van der Waals surface area contributed by atoms with Gasteiger partial charge >= 0.3 is 6.18 Å². The number of benzene rings is 2. The van der Waals surface area contributed by atoms with Gasteiger partial charge in [0.1, 0.15) is 10.5 Å². The first-order valence-corrected chi connectivity index (χ1v) is 8.99. The number of nitrogens with zero attached hydrogens (tertiary/aromatic N) is 2. The minimum absolute atomic E-state index is 0.144. The van der Waals surface area contributed by atoms with Crippen LogP contribution >= 0.6 is 12.2 Å². The van der Waals surface area contributed by atoms with E-state index in [0.29, 0.717) is 6.07 Å². The van der Waals surface area contributed by atoms with Gasteiger partial charge < -0.3 is 5.32 Å². The zero-order valence-corrected chi connectivity index (χ0v) is 16.6. The van der Waals surface area contributed by atoms with E-state index < -0.39 is 69.6 Å². The summed E-state index contributed by atoms with van der Waals surface area (Å²) in [6.07, 6.45) is -5.26. The van der Waals surface area contributed by atoms with E-state index in [4.69, 9.17) is 17.5 Å². The first-order valence-electron chi connectivity index (χ1n) is 8.58. The number of halogens is 8. The molecule has 2 N–H and O–H groups in total. The van der Waals surface area contributed by atoms with Gasteiger partial charge in [0, 0.05) is 12.1 Å². The lowest BCUT2D eigenvalue weighted by Gasteiger charge is -2.26. The molecule has 1 atom stereocenters. The highest BCUT2D eigenvalue weighted by atomic mass is 32.1. The summed E-state index contributed by atoms with van der Waals surface area (Å²) in [7, 11) is 0. The minimum Gasteiger partial charge on any atom is -0.348 e. The van der Waals surface area contributed by atoms with Gasteiger partial charge in [-0.25, -0.2) is 22.0 Å². The molecule has 0 spiro atoms. The summed E-state index contributed by atoms with van der Waals surface area (Å²) in [5.41, 5.74) is -2.76. The Kier molecular flexibility index (Phi) is 5.86. The topological polar surface area (TPSA) is 60.2 Å². The standard InChI is InChI=1S/C19H10F8N4S/c1-18(17(32)29-8-3-2-7(6-28)9(4-8)19(25,26)27)5-10(30-31-18)11-12(20)14(22)16(24)15(23)13(11)21/h2-4,31H,5H2,1H3,(H,29,32). The van der Waals surface area contributed by atoms with E-state index in [-0.39, 0.29) is 10.7 Å². The average Bonchev–Trinajstić information content (AvgIpc) is 3.13. The predicted octanol–water partition coefficient (Wildman–Crippen LogP) is 5.17. The van der Waals surface area contributed by atoms with Gasteiger partial charge in [-0.15, -0.1) is 0 Å². The second kappa shape index (κ2) is 8.01. The van der Waals surface area contributed by atoms with Gasteiger partial charge in [-0.3, -0.25) is 5.43 Å². The number of alkyl halides is 3. The molecule has 1 aliphatic rings. The first kappa shape index (κ1) is 23.4. The molecule has 0 aromatic heterocycles. The second-order valence-corrected chi connectivity index (χ2v) is 7.36. The number of thiocarbonyl (C=S) groups is 1. The van der Waals surface area contributed by atoms with Crippen molar-refractivity contribution in [2.45, 2.75) is 25.1 Å². The molecular formula is C19H10F8N4S. The Bertz CT molecular complexity index is 1170. The number of nitriles is 1. The van der Waals surface area contributed by atoms with Crippen LogP contribution in [0.3, 0.4) is 0 Å². The number of rotatable bonds is 3. The molecule has 32 heavy (non-hydrogen) atoms. The third-order valence-electron chi connectivity index (χ3n) is 4.66. The first-order chi connectivity index (χ1) is 14.8. The monoisotopic (exact) mass is 478 g/mol. The van der Waals surface area contributed by atoms with Crippen molar-refractivity contribution in [2.75, 3.05) is 5.32 Å². The largest absolute Gasteiger partial charge is 0.417 e. The molecule has 4 nitrogen and oxygen atoms in total. The maximum Gasteiger partial charge on any atom is 0.417 e. The summed E-state index contributed by atoms with van der Waals surface area (Å²) in [6, 6.07) is 4.15. The van der Waals surface area contributed by atoms with E-state index in [0.717, 1.165) is 12.1 Å². The zero-order chi connectivity index (χ0) is 24.0. The highest BCUT2D eigenvalue weighted by Gasteiger charge is 2.40. The van der Waals surface area contributed by atoms with E-state index in [1.165, 1.54) is 13.0 Å². The summed E-state index contributed by atoms with van der Waals surface area (Å²) in [4.78, 5) is -0.182. The molecule has 0 fully saturated rings. The van der Waals surface area contributed by atoms with Crippen molar-refractivity contribution in [2.24, 2.45) is 5.10 Å². The quantitative estimate of drug-likeness (QED) is 0.277. The van der Waals surface area contributed by atoms with Crippen LogP contribution < -0.4 is 10.7 Å². The Balaban J connectivity index is 1.87. The van der Waals surface area contributed by atoms with Crippen molar-refractivity contribution in [1.82, 2.24) is 5.43 Å². The Labute approximate surface area is 180 Å². The number of hydrazone groups is 1. The fourth-order valence-corrected chi connectivity index (χ4v) is 3.20. The fourth-order valence-electron chi connectivity index (χ4n) is 2.96. The van der Waals surface area contributed by atoms with Gasteiger partial charge in [0.2, 0.25) is 5.82 Å². The maximum absolute atomic E-state index is 14.1. The summed E-state index contributed by atoms with van der Waals surface area (Å²) < 4.78 is 108. The Morgan fingerprint density at radius 3 is 2.19 bits per heavy atom. The Hall–Kier alpha value is -3.27. The molecule has 0 amide bonds. The second-order valence-electron chi connectivity index (χ2n) is 6.95. The molecule has 0 saturated heterocycles. The van der Waals surface area contributed by atoms with Crippen molar-refractivity contribution < 1.29 is 35.1 Å². The third kappa shape index (κ3) is 3.97. The maximum atomic E-state index is 14.1. The van der Waals surface area contributed by atoms with Crippen LogP contribution in [0.4, 0.5) is 40.8 Å². The van der Waals surface area contributed by atoms with Crippen molar-refractivity contribution in [3.05, 3.63) is 64.0 Å². The zero-order valence-electron chi connectivity index (χ0n) is 15.8. The molecule has 1 unspecified atom stereocenters. The molecule has 0 bridgehead atoms. The van der Waals surface area contributed by atoms with Crippen LogP contribution in [0.2, 0.25) is 0 Å². The van der Waals surface area contributed by atoms with Crippen LogP contribution in [0.1, 0.15) is 30.0 Å². The summed E-state index contributed by atoms with van der Waals surface area (Å²) >= 11 is 5.16. The molecule has 2 aromatic rings. The van der Waals surface area contributed by atoms with Crippen LogP contribution in [0.25, 0.3) is 0 Å². The molecule has 1 aliphatic heterocycles. The van der Waals surface area contributed by atoms with Crippen LogP contribution in [0, 0.1) is 40.4 Å². The average molecular weight is 478 g/mol. The summed E-state index contributed by atoms with van der Waals surface area (Å²) in [6.45, 7) is 1.36. The van der Waals surface area contributed by atoms with Crippen LogP contribution in [0.5, 0.6) is 0 Å². The van der Waals surface area contributed by atoms with Crippen molar-refractivity contribution >= 4 is 28.6 Å². The molecule has 0 radical (unpaired) electrons. The van der Waals surface area contributed by atoms with Gasteiger partial charge in [0.05, 0.1) is 28.5 Å². The Morgan fingerprint density at radius 2 is 1.66 bits per heavy atom. The van der Waals surface area contributed by atoms with Gasteiger partial charge in [-0.2, -0.15) is 23.5 Å². The number of hydrogen-bond acceptors (Lipinski definition) is 4. The minimum atomic E-state index is -4.82. The Morgan fingerprint density at radius 1 is 1.09 bits per heavy atom. The highest BCUT2D eigenvalue weighted by Crippen LogP contribution is 2.34. The van der Waals surface area contributed by atoms with Gasteiger partial charge in [0.25, 0.3) is 0 Å². The lowest BCUT2D eigenvalue weighted by atomic mass is 9.92. The smallest absolute Gasteiger partial charge is 0.348 e. The van der Waals surface area contributed by atoms with E-state index in [2.05, 4.69) is 15.8 Å². The van der Waals surface area contributed by atoms with Gasteiger partial charge in [-0.05, 0) is 25.1 Å². The van der Waals surface area contributed by atoms with E-state index >= 15 is 0 Å². The van der Waals surface area contributed by atoms with E-state index in [1.807, 2.05) is 0 Å². The highest BCUT2D eigenvalue weighted by molar-refractivity contribution is 7.80. The SMILES string of the molecule is CC1(C(=S)Nc2ccc(C#N)c(C(F)(F)F)c2)CC(c2c(F)c(F)c(F)c(F)c2F)=NN1. The van der Waals surface area contributed by atoms with Crippen molar-refractivity contribution in [1.29, 1.82) is 5.26 Å². The van der Waals surface area contributed by atoms with Gasteiger partial charge in [-0.1, -0.05) is 12.2 Å². The number of hydrogen-bond donors (Lipinski definition) is 2. The fraction of sp³-hybridized carbons (Fsp3) is 0.211. The predicted molar refractivity (Wildman–Crippen MR) is 101 cm³/mol. The molecule has 13 heteroatoms. The number of nitrogens with one attached hydrogen (secondary N) is 2. The summed E-state index contributed by atoms with van der Waals surface area (Å²) in [5.74, 6) is -10.8. The van der Waals surface area contributed by atoms with Crippen LogP contribution in [-0.4, -0.2) is 16.2 Å². The molecule has 0 saturated carbocycles. The lowest BCUT2D eigenvalue weighted by molar-refractivity contribution is -0.137. The molecule has 2 aromatic carbocycles. The lowest BCUT2D eigenvalue weighted by Crippen LogP contribution is -2.46. The molecule has 3 rings (SSSR count). The molecule has 1 heterocycles. The van der Waals surface area contributed by atoms with E-state index in [9.17, 15) is 35.1 Å². The van der Waals surface area contributed by atoms with Crippen LogP contribution in [-0.2, 0) is 6.18 Å². The summed E-state index contributed by atoms with van der Waals surface area (Å²) in [5, 5.41) is 15.0. The van der Waals surface area contributed by atoms with Crippen molar-refractivity contribution in [3.8, 4) is 6.07 Å². The normalized spacial score (nSPS) is 18.1. The van der Waals surface area contributed by atoms with Crippen molar-refractivity contribution in [3.63, 3.8) is 0 Å². The third-order valence-corrected chi connectivity index (χ3v) is 5.21. The molecule has 0 aliphatic carbocycles. The molecular weight excluding hydrogens is 468 g/mol. The van der Waals surface area contributed by atoms with E-state index in [1.54, 1.807) is 0 Å². The van der Waals surface area contributed by atoms with Crippen LogP contribution in [0.15, 0.2) is 23.3 Å². The molecule has 168 valence electrons. The number of anilines is 1.